The predicted molar refractivity (Wildman–Crippen MR) is 76.8 cm³/mol. The van der Waals surface area contributed by atoms with E-state index in [4.69, 9.17) is 4.74 Å². The fourth-order valence-corrected chi connectivity index (χ4v) is 2.79. The van der Waals surface area contributed by atoms with Crippen molar-refractivity contribution in [2.45, 2.75) is 38.2 Å². The van der Waals surface area contributed by atoms with Crippen LogP contribution in [0.2, 0.25) is 0 Å². The lowest BCUT2D eigenvalue weighted by Crippen LogP contribution is -2.22. The molecule has 102 valence electrons. The monoisotopic (exact) mass is 268 g/mol. The number of H-pyrrole nitrogens is 1. The van der Waals surface area contributed by atoms with Crippen molar-refractivity contribution in [1.82, 2.24) is 4.98 Å². The molecule has 2 aromatic rings. The zero-order chi connectivity index (χ0) is 13.9. The van der Waals surface area contributed by atoms with Crippen molar-refractivity contribution in [3.05, 3.63) is 40.2 Å². The van der Waals surface area contributed by atoms with Crippen molar-refractivity contribution < 1.29 is 4.74 Å². The van der Waals surface area contributed by atoms with Gasteiger partial charge in [-0.3, -0.25) is 4.79 Å². The van der Waals surface area contributed by atoms with Crippen LogP contribution in [0.25, 0.3) is 10.9 Å². The van der Waals surface area contributed by atoms with Crippen molar-refractivity contribution in [3.8, 4) is 11.8 Å². The Morgan fingerprint density at radius 1 is 1.20 bits per heavy atom. The summed E-state index contributed by atoms with van der Waals surface area (Å²) in [5, 5.41) is 10.0. The molecular formula is C16H16N2O2. The molecule has 0 saturated heterocycles. The lowest BCUT2D eigenvalue weighted by molar-refractivity contribution is 0.156. The maximum Gasteiger partial charge on any atom is 0.270 e. The van der Waals surface area contributed by atoms with Crippen molar-refractivity contribution in [3.63, 3.8) is 0 Å². The molecule has 20 heavy (non-hydrogen) atoms. The maximum absolute atomic E-state index is 12.0. The Bertz CT molecular complexity index is 721. The van der Waals surface area contributed by atoms with E-state index in [9.17, 15) is 10.1 Å². The minimum absolute atomic E-state index is 0.0780. The van der Waals surface area contributed by atoms with Gasteiger partial charge in [0.05, 0.1) is 11.6 Å². The van der Waals surface area contributed by atoms with Gasteiger partial charge < -0.3 is 9.72 Å². The lowest BCUT2D eigenvalue weighted by Gasteiger charge is -2.24. The second-order valence-electron chi connectivity index (χ2n) is 5.19. The summed E-state index contributed by atoms with van der Waals surface area (Å²) in [6.45, 7) is 0. The number of benzene rings is 1. The first-order chi connectivity index (χ1) is 9.79. The van der Waals surface area contributed by atoms with Crippen molar-refractivity contribution in [2.75, 3.05) is 0 Å². The lowest BCUT2D eigenvalue weighted by atomic mass is 9.97. The molecule has 1 fully saturated rings. The zero-order valence-corrected chi connectivity index (χ0v) is 11.2. The maximum atomic E-state index is 12.0. The number of hydrogen-bond donors (Lipinski definition) is 1. The van der Waals surface area contributed by atoms with Crippen LogP contribution >= 0.6 is 0 Å². The van der Waals surface area contributed by atoms with Crippen LogP contribution < -0.4 is 10.3 Å². The molecule has 1 aromatic heterocycles. The molecule has 1 N–H and O–H groups in total. The fourth-order valence-electron chi connectivity index (χ4n) is 2.79. The van der Waals surface area contributed by atoms with Gasteiger partial charge in [-0.05, 0) is 37.8 Å². The highest BCUT2D eigenvalue weighted by molar-refractivity contribution is 5.87. The minimum Gasteiger partial charge on any atom is -0.488 e. The van der Waals surface area contributed by atoms with Gasteiger partial charge in [-0.2, -0.15) is 5.26 Å². The molecule has 0 spiro atoms. The number of nitriles is 1. The molecule has 1 aromatic carbocycles. The third-order valence-corrected chi connectivity index (χ3v) is 3.82. The van der Waals surface area contributed by atoms with Gasteiger partial charge in [0.2, 0.25) is 0 Å². The number of aromatic nitrogens is 1. The Morgan fingerprint density at radius 3 is 2.70 bits per heavy atom. The van der Waals surface area contributed by atoms with Crippen LogP contribution in [-0.2, 0) is 0 Å². The summed E-state index contributed by atoms with van der Waals surface area (Å²) in [7, 11) is 0. The second-order valence-corrected chi connectivity index (χ2v) is 5.19. The average Bonchev–Trinajstić information content (AvgIpc) is 2.48. The SMILES string of the molecule is N#Cc1c(OC2CCCCC2)c2ccccc2[nH]c1=O. The van der Waals surface area contributed by atoms with Crippen molar-refractivity contribution in [2.24, 2.45) is 0 Å². The summed E-state index contributed by atoms with van der Waals surface area (Å²) in [4.78, 5) is 14.7. The summed E-state index contributed by atoms with van der Waals surface area (Å²) < 4.78 is 6.03. The summed E-state index contributed by atoms with van der Waals surface area (Å²) in [6.07, 6.45) is 5.63. The summed E-state index contributed by atoms with van der Waals surface area (Å²) >= 11 is 0. The van der Waals surface area contributed by atoms with E-state index in [1.54, 1.807) is 0 Å². The van der Waals surface area contributed by atoms with Crippen LogP contribution in [0.15, 0.2) is 29.1 Å². The van der Waals surface area contributed by atoms with E-state index in [2.05, 4.69) is 4.98 Å². The van der Waals surface area contributed by atoms with E-state index in [1.165, 1.54) is 6.42 Å². The summed E-state index contributed by atoms with van der Waals surface area (Å²) in [5.74, 6) is 0.443. The molecule has 0 radical (unpaired) electrons. The van der Waals surface area contributed by atoms with Gasteiger partial charge >= 0.3 is 0 Å². The number of nitrogens with one attached hydrogen (secondary N) is 1. The van der Waals surface area contributed by atoms with E-state index in [0.29, 0.717) is 11.3 Å². The topological polar surface area (TPSA) is 65.9 Å². The van der Waals surface area contributed by atoms with Crippen LogP contribution in [-0.4, -0.2) is 11.1 Å². The van der Waals surface area contributed by atoms with E-state index in [-0.39, 0.29) is 17.2 Å². The molecule has 1 saturated carbocycles. The molecule has 0 unspecified atom stereocenters. The van der Waals surface area contributed by atoms with Gasteiger partial charge in [-0.25, -0.2) is 0 Å². The van der Waals surface area contributed by atoms with E-state index < -0.39 is 0 Å². The Hall–Kier alpha value is -2.28. The van der Waals surface area contributed by atoms with Crippen molar-refractivity contribution in [1.29, 1.82) is 5.26 Å². The fraction of sp³-hybridized carbons (Fsp3) is 0.375. The summed E-state index contributed by atoms with van der Waals surface area (Å²) in [6, 6.07) is 9.42. The highest BCUT2D eigenvalue weighted by Crippen LogP contribution is 2.30. The highest BCUT2D eigenvalue weighted by atomic mass is 16.5. The number of aromatic amines is 1. The second kappa shape index (κ2) is 5.38. The number of hydrogen-bond acceptors (Lipinski definition) is 3. The number of para-hydroxylation sites is 1. The van der Waals surface area contributed by atoms with Crippen molar-refractivity contribution >= 4 is 10.9 Å². The van der Waals surface area contributed by atoms with Gasteiger partial charge in [0.25, 0.3) is 5.56 Å². The van der Waals surface area contributed by atoms with E-state index in [0.717, 1.165) is 31.1 Å². The predicted octanol–water partition coefficient (Wildman–Crippen LogP) is 3.11. The largest absolute Gasteiger partial charge is 0.488 e. The van der Waals surface area contributed by atoms with Gasteiger partial charge in [0.1, 0.15) is 6.07 Å². The molecule has 3 rings (SSSR count). The molecule has 0 amide bonds. The molecular weight excluding hydrogens is 252 g/mol. The Kier molecular flexibility index (Phi) is 3.42. The third-order valence-electron chi connectivity index (χ3n) is 3.82. The van der Waals surface area contributed by atoms with E-state index >= 15 is 0 Å². The van der Waals surface area contributed by atoms with Gasteiger partial charge in [0, 0.05) is 5.39 Å². The van der Waals surface area contributed by atoms with Crippen LogP contribution in [0, 0.1) is 11.3 Å². The van der Waals surface area contributed by atoms with Crippen LogP contribution in [0.4, 0.5) is 0 Å². The van der Waals surface area contributed by atoms with Crippen LogP contribution in [0.3, 0.4) is 0 Å². The molecule has 0 atom stereocenters. The smallest absolute Gasteiger partial charge is 0.270 e. The Labute approximate surface area is 117 Å². The number of fused-ring (bicyclic) bond motifs is 1. The molecule has 4 heteroatoms. The zero-order valence-electron chi connectivity index (χ0n) is 11.2. The molecule has 1 aliphatic rings. The minimum atomic E-state index is -0.378. The first kappa shape index (κ1) is 12.7. The molecule has 0 aliphatic heterocycles. The number of ether oxygens (including phenoxy) is 1. The van der Waals surface area contributed by atoms with E-state index in [1.807, 2.05) is 30.3 Å². The standard InChI is InChI=1S/C16H16N2O2/c17-10-13-15(20-11-6-2-1-3-7-11)12-8-4-5-9-14(12)18-16(13)19/h4-5,8-9,11H,1-3,6-7H2,(H,18,19). The first-order valence-corrected chi connectivity index (χ1v) is 7.01. The summed E-state index contributed by atoms with van der Waals surface area (Å²) in [5.41, 5.74) is 0.411. The van der Waals surface area contributed by atoms with Crippen LogP contribution in [0.1, 0.15) is 37.7 Å². The molecule has 0 bridgehead atoms. The molecule has 1 heterocycles. The first-order valence-electron chi connectivity index (χ1n) is 7.01. The highest BCUT2D eigenvalue weighted by Gasteiger charge is 2.20. The molecule has 4 nitrogen and oxygen atoms in total. The van der Waals surface area contributed by atoms with Crippen LogP contribution in [0.5, 0.6) is 5.75 Å². The number of rotatable bonds is 2. The van der Waals surface area contributed by atoms with Gasteiger partial charge in [0.15, 0.2) is 11.3 Å². The molecule has 1 aliphatic carbocycles. The quantitative estimate of drug-likeness (QED) is 0.910. The average molecular weight is 268 g/mol. The van der Waals surface area contributed by atoms with Gasteiger partial charge in [-0.1, -0.05) is 18.6 Å². The Balaban J connectivity index is 2.11. The van der Waals surface area contributed by atoms with Gasteiger partial charge in [-0.15, -0.1) is 0 Å². The normalized spacial score (nSPS) is 15.9. The third kappa shape index (κ3) is 2.27. The Morgan fingerprint density at radius 2 is 1.95 bits per heavy atom. The number of pyridine rings is 1. The number of nitrogens with zero attached hydrogens (tertiary/aromatic N) is 1.